The molecule has 0 aromatic heterocycles. The van der Waals surface area contributed by atoms with E-state index in [-0.39, 0.29) is 36.2 Å². The number of allylic oxidation sites excluding steroid dienone is 10. The quantitative estimate of drug-likeness (QED) is 0.0282. The topological polar surface area (TPSA) is 99.1 Å². The zero-order valence-electron chi connectivity index (χ0n) is 40.8. The SMILES string of the molecule is CCC/C=C/C=C/C=C/C=C/C=C/CCCCCCCC(=O)OCC(COCCC(C(=O)O)[N+](C)(C)C)OC(=O)CCCCCCCCCCCCCCCCCCCCCC. The number of nitrogens with zero attached hydrogens (tertiary/aromatic N) is 1. The van der Waals surface area contributed by atoms with Crippen molar-refractivity contribution >= 4 is 17.9 Å². The lowest BCUT2D eigenvalue weighted by atomic mass is 10.0. The summed E-state index contributed by atoms with van der Waals surface area (Å²) in [5.74, 6) is -1.49. The number of carboxylic acid groups (broad SMARTS) is 1. The highest BCUT2D eigenvalue weighted by Crippen LogP contribution is 2.16. The Morgan fingerprint density at radius 2 is 0.887 bits per heavy atom. The minimum absolute atomic E-state index is 0.0526. The highest BCUT2D eigenvalue weighted by molar-refractivity contribution is 5.72. The van der Waals surface area contributed by atoms with Gasteiger partial charge in [-0.25, -0.2) is 4.79 Å². The number of ether oxygens (including phenoxy) is 3. The van der Waals surface area contributed by atoms with Gasteiger partial charge in [0.15, 0.2) is 12.1 Å². The number of hydrogen-bond acceptors (Lipinski definition) is 6. The number of carboxylic acids is 1. The second-order valence-electron chi connectivity index (χ2n) is 18.2. The number of aliphatic carboxylic acids is 1. The number of hydrogen-bond donors (Lipinski definition) is 1. The molecule has 0 aliphatic carbocycles. The van der Waals surface area contributed by atoms with E-state index in [1.54, 1.807) is 0 Å². The average molecular weight is 871 g/mol. The van der Waals surface area contributed by atoms with Gasteiger partial charge in [-0.2, -0.15) is 0 Å². The lowest BCUT2D eigenvalue weighted by molar-refractivity contribution is -0.887. The molecule has 0 saturated carbocycles. The van der Waals surface area contributed by atoms with Gasteiger partial charge < -0.3 is 23.8 Å². The number of unbranched alkanes of at least 4 members (excludes halogenated alkanes) is 25. The van der Waals surface area contributed by atoms with Crippen molar-refractivity contribution in [2.45, 2.75) is 225 Å². The van der Waals surface area contributed by atoms with E-state index in [1.165, 1.54) is 116 Å². The second-order valence-corrected chi connectivity index (χ2v) is 18.2. The van der Waals surface area contributed by atoms with E-state index < -0.39 is 18.1 Å². The molecule has 1 N–H and O–H groups in total. The van der Waals surface area contributed by atoms with E-state index in [1.807, 2.05) is 57.6 Å². The predicted octanol–water partition coefficient (Wildman–Crippen LogP) is 14.5. The van der Waals surface area contributed by atoms with Crippen molar-refractivity contribution in [1.82, 2.24) is 0 Å². The second kappa shape index (κ2) is 44.6. The van der Waals surface area contributed by atoms with Crippen LogP contribution in [0.25, 0.3) is 0 Å². The van der Waals surface area contributed by atoms with Crippen molar-refractivity contribution in [3.8, 4) is 0 Å². The summed E-state index contributed by atoms with van der Waals surface area (Å²) in [6, 6.07) is -0.620. The minimum atomic E-state index is -0.879. The van der Waals surface area contributed by atoms with Gasteiger partial charge in [0, 0.05) is 19.3 Å². The number of likely N-dealkylation sites (N-methyl/N-ethyl adjacent to an activating group) is 1. The van der Waals surface area contributed by atoms with E-state index >= 15 is 0 Å². The van der Waals surface area contributed by atoms with Gasteiger partial charge in [-0.3, -0.25) is 9.59 Å². The highest BCUT2D eigenvalue weighted by Gasteiger charge is 2.31. The molecule has 8 nitrogen and oxygen atoms in total. The summed E-state index contributed by atoms with van der Waals surface area (Å²) >= 11 is 0. The molecule has 0 spiro atoms. The first-order chi connectivity index (χ1) is 30.1. The Morgan fingerprint density at radius 3 is 1.32 bits per heavy atom. The number of esters is 2. The monoisotopic (exact) mass is 871 g/mol. The summed E-state index contributed by atoms with van der Waals surface area (Å²) in [6.07, 6.45) is 55.5. The molecule has 358 valence electrons. The summed E-state index contributed by atoms with van der Waals surface area (Å²) in [5.41, 5.74) is 0. The lowest BCUT2D eigenvalue weighted by Gasteiger charge is -2.31. The zero-order valence-corrected chi connectivity index (χ0v) is 40.8. The third-order valence-corrected chi connectivity index (χ3v) is 11.3. The Bertz CT molecular complexity index is 1200. The number of carbonyl (C=O) groups excluding carboxylic acids is 2. The van der Waals surface area contributed by atoms with Crippen molar-refractivity contribution < 1.29 is 38.2 Å². The Hall–Kier alpha value is -2.97. The van der Waals surface area contributed by atoms with Gasteiger partial charge in [0.2, 0.25) is 0 Å². The molecule has 0 amide bonds. The zero-order chi connectivity index (χ0) is 45.6. The fourth-order valence-electron chi connectivity index (χ4n) is 7.36. The van der Waals surface area contributed by atoms with Crippen LogP contribution in [0, 0.1) is 0 Å². The maximum atomic E-state index is 12.8. The van der Waals surface area contributed by atoms with Gasteiger partial charge in [-0.1, -0.05) is 222 Å². The van der Waals surface area contributed by atoms with E-state index in [4.69, 9.17) is 14.2 Å². The number of rotatable bonds is 45. The molecule has 8 heteroatoms. The Kier molecular flexibility index (Phi) is 42.5. The van der Waals surface area contributed by atoms with Gasteiger partial charge in [0.1, 0.15) is 6.61 Å². The van der Waals surface area contributed by atoms with Crippen LogP contribution >= 0.6 is 0 Å². The molecule has 0 heterocycles. The first-order valence-electron chi connectivity index (χ1n) is 25.4. The molecule has 0 bridgehead atoms. The van der Waals surface area contributed by atoms with E-state index in [0.29, 0.717) is 19.3 Å². The van der Waals surface area contributed by atoms with Crippen LogP contribution in [0.1, 0.15) is 213 Å². The van der Waals surface area contributed by atoms with Crippen molar-refractivity contribution in [1.29, 1.82) is 0 Å². The third kappa shape index (κ3) is 42.3. The molecule has 0 aliphatic rings. The van der Waals surface area contributed by atoms with Gasteiger partial charge in [-0.15, -0.1) is 0 Å². The Balaban J connectivity index is 4.29. The van der Waals surface area contributed by atoms with Crippen molar-refractivity contribution in [3.05, 3.63) is 60.8 Å². The molecule has 0 radical (unpaired) electrons. The maximum absolute atomic E-state index is 12.8. The fraction of sp³-hybridized carbons (Fsp3) is 0.759. The largest absolute Gasteiger partial charge is 0.477 e. The molecule has 0 fully saturated rings. The lowest BCUT2D eigenvalue weighted by Crippen LogP contribution is -2.50. The molecular formula is C54H96NO7+. The van der Waals surface area contributed by atoms with Crippen LogP contribution in [0.2, 0.25) is 0 Å². The van der Waals surface area contributed by atoms with Gasteiger partial charge in [0.25, 0.3) is 0 Å². The van der Waals surface area contributed by atoms with Gasteiger partial charge >= 0.3 is 17.9 Å². The van der Waals surface area contributed by atoms with Crippen LogP contribution < -0.4 is 0 Å². The molecule has 0 saturated heterocycles. The third-order valence-electron chi connectivity index (χ3n) is 11.3. The summed E-state index contributed by atoms with van der Waals surface area (Å²) in [5, 5.41) is 9.65. The van der Waals surface area contributed by atoms with Crippen LogP contribution in [0.4, 0.5) is 0 Å². The van der Waals surface area contributed by atoms with Crippen LogP contribution in [0.5, 0.6) is 0 Å². The van der Waals surface area contributed by atoms with Crippen LogP contribution in [0.15, 0.2) is 60.8 Å². The Morgan fingerprint density at radius 1 is 0.484 bits per heavy atom. The molecule has 2 atom stereocenters. The standard InChI is InChI=1S/C54H95NO7/c1-6-8-10-12-14-16-18-20-22-24-26-27-29-31-33-35-37-39-41-43-45-53(57)62-50(48-60-47-46-51(54(58)59)55(3,4)5)49-61-52(56)44-42-40-38-36-34-32-30-28-25-23-21-19-17-15-13-11-9-7-2/h11,13,15,17,19,21,23,25,28,30,50-51H,6-10,12,14,16,18,20,22,24,26-27,29,31-49H2,1-5H3/p+1/b13-11+,17-15+,21-19+,25-23+,30-28+. The predicted molar refractivity (Wildman–Crippen MR) is 261 cm³/mol. The summed E-state index contributed by atoms with van der Waals surface area (Å²) in [7, 11) is 5.53. The van der Waals surface area contributed by atoms with E-state index in [0.717, 1.165) is 64.2 Å². The highest BCUT2D eigenvalue weighted by atomic mass is 16.6. The average Bonchev–Trinajstić information content (AvgIpc) is 3.23. The van der Waals surface area contributed by atoms with E-state index in [9.17, 15) is 19.5 Å². The van der Waals surface area contributed by atoms with Crippen molar-refractivity contribution in [3.63, 3.8) is 0 Å². The normalized spacial score (nSPS) is 13.4. The van der Waals surface area contributed by atoms with Gasteiger partial charge in [-0.05, 0) is 32.1 Å². The minimum Gasteiger partial charge on any atom is -0.477 e. The molecule has 0 aromatic rings. The van der Waals surface area contributed by atoms with Crippen LogP contribution in [0.3, 0.4) is 0 Å². The molecule has 62 heavy (non-hydrogen) atoms. The molecule has 0 rings (SSSR count). The maximum Gasteiger partial charge on any atom is 0.362 e. The van der Waals surface area contributed by atoms with E-state index in [2.05, 4.69) is 38.2 Å². The summed E-state index contributed by atoms with van der Waals surface area (Å²) in [4.78, 5) is 37.1. The van der Waals surface area contributed by atoms with Gasteiger partial charge in [0.05, 0.1) is 34.4 Å². The summed E-state index contributed by atoms with van der Waals surface area (Å²) < 4.78 is 17.3. The number of carbonyl (C=O) groups is 3. The molecule has 0 aromatic carbocycles. The molecule has 0 aliphatic heterocycles. The summed E-state index contributed by atoms with van der Waals surface area (Å²) in [6.45, 7) is 4.64. The van der Waals surface area contributed by atoms with Crippen LogP contribution in [-0.4, -0.2) is 80.6 Å². The molecule has 2 unspecified atom stereocenters. The van der Waals surface area contributed by atoms with Crippen molar-refractivity contribution in [2.24, 2.45) is 0 Å². The first-order valence-corrected chi connectivity index (χ1v) is 25.4. The molecular weight excluding hydrogens is 775 g/mol. The Labute approximate surface area is 381 Å². The van der Waals surface area contributed by atoms with Crippen LogP contribution in [-0.2, 0) is 28.6 Å². The fourth-order valence-corrected chi connectivity index (χ4v) is 7.36. The van der Waals surface area contributed by atoms with Crippen molar-refractivity contribution in [2.75, 3.05) is 41.0 Å². The number of quaternary nitrogens is 1. The smallest absolute Gasteiger partial charge is 0.362 e. The first kappa shape index (κ1) is 59.0.